The Labute approximate surface area is 165 Å². The molecule has 1 aromatic heterocycles. The van der Waals surface area contributed by atoms with Crippen LogP contribution in [0.5, 0.6) is 5.75 Å². The summed E-state index contributed by atoms with van der Waals surface area (Å²) in [4.78, 5) is 15.7. The van der Waals surface area contributed by atoms with Crippen molar-refractivity contribution < 1.29 is 9.53 Å². The number of anilines is 1. The third kappa shape index (κ3) is 6.13. The molecule has 144 valence electrons. The fourth-order valence-corrected chi connectivity index (χ4v) is 2.85. The predicted molar refractivity (Wildman–Crippen MR) is 112 cm³/mol. The van der Waals surface area contributed by atoms with Gasteiger partial charge in [0.1, 0.15) is 5.75 Å². The van der Waals surface area contributed by atoms with Crippen LogP contribution < -0.4 is 15.4 Å². The minimum atomic E-state index is -0.207. The largest absolute Gasteiger partial charge is 0.493 e. The zero-order chi connectivity index (χ0) is 19.4. The molecule has 5 nitrogen and oxygen atoms in total. The van der Waals surface area contributed by atoms with Crippen LogP contribution in [-0.2, 0) is 0 Å². The predicted octanol–water partition coefficient (Wildman–Crippen LogP) is 5.12. The summed E-state index contributed by atoms with van der Waals surface area (Å²) in [6, 6.07) is 21.7. The molecular formula is C23H25N3O2. The fraction of sp³-hybridized carbons (Fsp3) is 0.217. The first-order valence-electron chi connectivity index (χ1n) is 9.55. The van der Waals surface area contributed by atoms with E-state index in [0.717, 1.165) is 36.1 Å². The molecule has 0 atom stereocenters. The number of aromatic nitrogens is 1. The SMILES string of the molecule is O=C(NCCCCCOc1ccccc1-c1ccccc1)Nc1cccnc1. The van der Waals surface area contributed by atoms with Crippen molar-refractivity contribution in [2.75, 3.05) is 18.5 Å². The van der Waals surface area contributed by atoms with E-state index in [1.54, 1.807) is 24.5 Å². The molecule has 0 aliphatic rings. The summed E-state index contributed by atoms with van der Waals surface area (Å²) in [5.74, 6) is 0.905. The van der Waals surface area contributed by atoms with Gasteiger partial charge in [0.25, 0.3) is 0 Å². The van der Waals surface area contributed by atoms with E-state index in [9.17, 15) is 4.79 Å². The number of hydrogen-bond donors (Lipinski definition) is 2. The van der Waals surface area contributed by atoms with Gasteiger partial charge in [-0.2, -0.15) is 0 Å². The Kier molecular flexibility index (Phi) is 7.44. The van der Waals surface area contributed by atoms with Gasteiger partial charge in [-0.3, -0.25) is 4.98 Å². The maximum Gasteiger partial charge on any atom is 0.319 e. The van der Waals surface area contributed by atoms with Gasteiger partial charge >= 0.3 is 6.03 Å². The van der Waals surface area contributed by atoms with E-state index in [4.69, 9.17) is 4.74 Å². The average Bonchev–Trinajstić information content (AvgIpc) is 2.75. The fourth-order valence-electron chi connectivity index (χ4n) is 2.85. The Balaban J connectivity index is 1.33. The Bertz CT molecular complexity index is 854. The molecule has 0 saturated heterocycles. The van der Waals surface area contributed by atoms with Gasteiger partial charge < -0.3 is 15.4 Å². The molecular weight excluding hydrogens is 350 g/mol. The second-order valence-electron chi connectivity index (χ2n) is 6.39. The highest BCUT2D eigenvalue weighted by molar-refractivity contribution is 5.88. The number of hydrogen-bond acceptors (Lipinski definition) is 3. The van der Waals surface area contributed by atoms with Crippen molar-refractivity contribution in [1.29, 1.82) is 0 Å². The van der Waals surface area contributed by atoms with Crippen LogP contribution >= 0.6 is 0 Å². The summed E-state index contributed by atoms with van der Waals surface area (Å²) < 4.78 is 5.99. The second-order valence-corrected chi connectivity index (χ2v) is 6.39. The van der Waals surface area contributed by atoms with Gasteiger partial charge in [0.2, 0.25) is 0 Å². The lowest BCUT2D eigenvalue weighted by Crippen LogP contribution is -2.29. The number of unbranched alkanes of at least 4 members (excludes halogenated alkanes) is 2. The van der Waals surface area contributed by atoms with Gasteiger partial charge in [-0.25, -0.2) is 4.79 Å². The van der Waals surface area contributed by atoms with Crippen molar-refractivity contribution in [3.63, 3.8) is 0 Å². The van der Waals surface area contributed by atoms with Crippen LogP contribution in [-0.4, -0.2) is 24.2 Å². The average molecular weight is 375 g/mol. The lowest BCUT2D eigenvalue weighted by Gasteiger charge is -2.12. The Morgan fingerprint density at radius 2 is 1.71 bits per heavy atom. The van der Waals surface area contributed by atoms with Crippen LogP contribution in [0.3, 0.4) is 0 Å². The van der Waals surface area contributed by atoms with Gasteiger partial charge in [0.15, 0.2) is 0 Å². The van der Waals surface area contributed by atoms with E-state index in [-0.39, 0.29) is 6.03 Å². The summed E-state index contributed by atoms with van der Waals surface area (Å²) in [5, 5.41) is 5.60. The molecule has 0 unspecified atom stereocenters. The minimum Gasteiger partial charge on any atom is -0.493 e. The number of rotatable bonds is 9. The number of amides is 2. The molecule has 0 radical (unpaired) electrons. The number of carbonyl (C=O) groups is 1. The molecule has 0 spiro atoms. The number of carbonyl (C=O) groups excluding carboxylic acids is 1. The van der Waals surface area contributed by atoms with Gasteiger partial charge in [-0.1, -0.05) is 48.5 Å². The number of ether oxygens (including phenoxy) is 1. The number of para-hydroxylation sites is 1. The summed E-state index contributed by atoms with van der Waals surface area (Å²) in [5.41, 5.74) is 2.95. The third-order valence-electron chi connectivity index (χ3n) is 4.26. The molecule has 28 heavy (non-hydrogen) atoms. The van der Waals surface area contributed by atoms with E-state index in [1.807, 2.05) is 36.4 Å². The van der Waals surface area contributed by atoms with Crippen molar-refractivity contribution in [3.8, 4) is 16.9 Å². The topological polar surface area (TPSA) is 63.2 Å². The normalized spacial score (nSPS) is 10.3. The van der Waals surface area contributed by atoms with E-state index < -0.39 is 0 Å². The zero-order valence-electron chi connectivity index (χ0n) is 15.8. The molecule has 0 fully saturated rings. The van der Waals surface area contributed by atoms with Gasteiger partial charge in [-0.15, -0.1) is 0 Å². The third-order valence-corrected chi connectivity index (χ3v) is 4.26. The van der Waals surface area contributed by atoms with E-state index in [2.05, 4.69) is 33.8 Å². The molecule has 2 N–H and O–H groups in total. The highest BCUT2D eigenvalue weighted by atomic mass is 16.5. The first kappa shape index (κ1) is 19.4. The number of nitrogens with one attached hydrogen (secondary N) is 2. The van der Waals surface area contributed by atoms with Crippen molar-refractivity contribution in [1.82, 2.24) is 10.3 Å². The second kappa shape index (κ2) is 10.7. The number of urea groups is 1. The van der Waals surface area contributed by atoms with Gasteiger partial charge in [0, 0.05) is 18.3 Å². The molecule has 2 aromatic carbocycles. The Morgan fingerprint density at radius 3 is 2.54 bits per heavy atom. The van der Waals surface area contributed by atoms with Crippen molar-refractivity contribution in [3.05, 3.63) is 79.1 Å². The molecule has 3 rings (SSSR count). The molecule has 0 aliphatic heterocycles. The summed E-state index contributed by atoms with van der Waals surface area (Å²) >= 11 is 0. The lowest BCUT2D eigenvalue weighted by molar-refractivity contribution is 0.251. The first-order chi connectivity index (χ1) is 13.8. The van der Waals surface area contributed by atoms with Crippen LogP contribution in [0.4, 0.5) is 10.5 Å². The van der Waals surface area contributed by atoms with Crippen LogP contribution in [0.2, 0.25) is 0 Å². The molecule has 1 heterocycles. The van der Waals surface area contributed by atoms with Crippen LogP contribution in [0.1, 0.15) is 19.3 Å². The van der Waals surface area contributed by atoms with Crippen LogP contribution in [0.15, 0.2) is 79.1 Å². The van der Waals surface area contributed by atoms with E-state index in [0.29, 0.717) is 18.8 Å². The van der Waals surface area contributed by atoms with Crippen LogP contribution in [0, 0.1) is 0 Å². The first-order valence-corrected chi connectivity index (χ1v) is 9.55. The summed E-state index contributed by atoms with van der Waals surface area (Å²) in [6.45, 7) is 1.29. The molecule has 3 aromatic rings. The Hall–Kier alpha value is -3.34. The maximum atomic E-state index is 11.8. The quantitative estimate of drug-likeness (QED) is 0.510. The number of pyridine rings is 1. The zero-order valence-corrected chi connectivity index (χ0v) is 15.8. The van der Waals surface area contributed by atoms with Gasteiger partial charge in [-0.05, 0) is 43.0 Å². The highest BCUT2D eigenvalue weighted by Crippen LogP contribution is 2.29. The summed E-state index contributed by atoms with van der Waals surface area (Å²) in [6.07, 6.45) is 6.12. The highest BCUT2D eigenvalue weighted by Gasteiger charge is 2.05. The molecule has 0 saturated carbocycles. The van der Waals surface area contributed by atoms with Crippen LogP contribution in [0.25, 0.3) is 11.1 Å². The van der Waals surface area contributed by atoms with E-state index in [1.165, 1.54) is 0 Å². The lowest BCUT2D eigenvalue weighted by atomic mass is 10.1. The monoisotopic (exact) mass is 375 g/mol. The molecule has 2 amide bonds. The van der Waals surface area contributed by atoms with Crippen molar-refractivity contribution in [2.24, 2.45) is 0 Å². The number of benzene rings is 2. The molecule has 0 aliphatic carbocycles. The minimum absolute atomic E-state index is 0.207. The number of nitrogens with zero attached hydrogens (tertiary/aromatic N) is 1. The van der Waals surface area contributed by atoms with Crippen molar-refractivity contribution >= 4 is 11.7 Å². The van der Waals surface area contributed by atoms with Gasteiger partial charge in [0.05, 0.1) is 18.5 Å². The molecule has 0 bridgehead atoms. The van der Waals surface area contributed by atoms with Crippen molar-refractivity contribution in [2.45, 2.75) is 19.3 Å². The van der Waals surface area contributed by atoms with E-state index >= 15 is 0 Å². The maximum absolute atomic E-state index is 11.8. The smallest absolute Gasteiger partial charge is 0.319 e. The standard InChI is InChI=1S/C23H25N3O2/c27-23(26-20-12-9-15-24-18-20)25-16-7-2-8-17-28-22-14-6-5-13-21(22)19-10-3-1-4-11-19/h1,3-6,9-15,18H,2,7-8,16-17H2,(H2,25,26,27). The summed E-state index contributed by atoms with van der Waals surface area (Å²) in [7, 11) is 0. The Morgan fingerprint density at radius 1 is 0.893 bits per heavy atom. The molecule has 5 heteroatoms.